The van der Waals surface area contributed by atoms with Gasteiger partial charge in [-0.1, -0.05) is 6.07 Å². The van der Waals surface area contributed by atoms with Crippen LogP contribution >= 0.6 is 0 Å². The molecule has 2 aromatic rings. The first kappa shape index (κ1) is 13.6. The van der Waals surface area contributed by atoms with E-state index in [4.69, 9.17) is 0 Å². The molecule has 1 N–H and O–H groups in total. The van der Waals surface area contributed by atoms with Crippen LogP contribution in [0.5, 0.6) is 0 Å². The number of piperidine rings is 1. The second-order valence-electron chi connectivity index (χ2n) is 5.34. The zero-order chi connectivity index (χ0) is 14.3. The zero-order valence-electron chi connectivity index (χ0n) is 11.3. The topological polar surface area (TPSA) is 53.2 Å². The van der Waals surface area contributed by atoms with Gasteiger partial charge in [0.2, 0.25) is 10.0 Å². The van der Waals surface area contributed by atoms with Crippen LogP contribution < -0.4 is 0 Å². The minimum Gasteiger partial charge on any atom is -0.361 e. The van der Waals surface area contributed by atoms with Crippen molar-refractivity contribution in [2.45, 2.75) is 18.8 Å². The summed E-state index contributed by atoms with van der Waals surface area (Å²) in [6, 6.07) is 5.00. The normalized spacial score (nSPS) is 18.7. The standard InChI is InChI=1S/C14H17FN2O2S/c1-20(18,19)17-7-5-10(6-8-17)11-9-16-13-4-2-3-12(15)14(11)13/h2-4,9-10,16H,5-8H2,1H3. The molecular weight excluding hydrogens is 279 g/mol. The van der Waals surface area contributed by atoms with E-state index in [-0.39, 0.29) is 11.7 Å². The highest BCUT2D eigenvalue weighted by molar-refractivity contribution is 7.88. The number of hydrogen-bond acceptors (Lipinski definition) is 2. The first-order valence-corrected chi connectivity index (χ1v) is 8.52. The summed E-state index contributed by atoms with van der Waals surface area (Å²) in [7, 11) is -3.12. The highest BCUT2D eigenvalue weighted by Gasteiger charge is 2.27. The summed E-state index contributed by atoms with van der Waals surface area (Å²) < 4.78 is 38.5. The molecule has 3 rings (SSSR count). The summed E-state index contributed by atoms with van der Waals surface area (Å²) in [6.07, 6.45) is 4.55. The van der Waals surface area contributed by atoms with Gasteiger partial charge in [-0.3, -0.25) is 0 Å². The van der Waals surface area contributed by atoms with E-state index in [9.17, 15) is 12.8 Å². The molecule has 0 radical (unpaired) electrons. The molecule has 1 aromatic carbocycles. The van der Waals surface area contributed by atoms with Gasteiger partial charge in [0.25, 0.3) is 0 Å². The molecule has 0 bridgehead atoms. The molecule has 2 heterocycles. The van der Waals surface area contributed by atoms with E-state index in [1.165, 1.54) is 16.6 Å². The molecule has 1 aromatic heterocycles. The molecule has 0 amide bonds. The molecule has 0 aliphatic carbocycles. The molecule has 1 aliphatic heterocycles. The molecule has 0 spiro atoms. The highest BCUT2D eigenvalue weighted by atomic mass is 32.2. The molecule has 0 unspecified atom stereocenters. The summed E-state index contributed by atoms with van der Waals surface area (Å²) in [4.78, 5) is 3.10. The SMILES string of the molecule is CS(=O)(=O)N1CCC(c2c[nH]c3cccc(F)c23)CC1. The third-order valence-corrected chi connectivity index (χ3v) is 5.35. The lowest BCUT2D eigenvalue weighted by atomic mass is 9.90. The van der Waals surface area contributed by atoms with Gasteiger partial charge in [0.05, 0.1) is 6.26 Å². The van der Waals surface area contributed by atoms with Gasteiger partial charge in [-0.15, -0.1) is 0 Å². The van der Waals surface area contributed by atoms with Crippen LogP contribution in [0.15, 0.2) is 24.4 Å². The van der Waals surface area contributed by atoms with Crippen molar-refractivity contribution in [3.05, 3.63) is 35.8 Å². The molecule has 20 heavy (non-hydrogen) atoms. The van der Waals surface area contributed by atoms with E-state index in [0.717, 1.165) is 23.9 Å². The number of hydrogen-bond donors (Lipinski definition) is 1. The average molecular weight is 296 g/mol. The Kier molecular flexibility index (Phi) is 3.30. The average Bonchev–Trinajstić information content (AvgIpc) is 2.83. The first-order chi connectivity index (χ1) is 9.47. The van der Waals surface area contributed by atoms with Crippen LogP contribution in [0.2, 0.25) is 0 Å². The maximum atomic E-state index is 14.0. The van der Waals surface area contributed by atoms with Crippen LogP contribution in [0.25, 0.3) is 10.9 Å². The lowest BCUT2D eigenvalue weighted by molar-refractivity contribution is 0.322. The van der Waals surface area contributed by atoms with E-state index in [1.54, 1.807) is 6.07 Å². The summed E-state index contributed by atoms with van der Waals surface area (Å²) in [5, 5.41) is 0.644. The smallest absolute Gasteiger partial charge is 0.211 e. The third-order valence-electron chi connectivity index (χ3n) is 4.05. The summed E-state index contributed by atoms with van der Waals surface area (Å²) >= 11 is 0. The Labute approximate surface area is 117 Å². The number of aromatic nitrogens is 1. The maximum absolute atomic E-state index is 14.0. The van der Waals surface area contributed by atoms with E-state index in [0.29, 0.717) is 18.5 Å². The molecule has 1 saturated heterocycles. The van der Waals surface area contributed by atoms with Gasteiger partial charge in [0.1, 0.15) is 5.82 Å². The summed E-state index contributed by atoms with van der Waals surface area (Å²) in [5.74, 6) is -0.0112. The highest BCUT2D eigenvalue weighted by Crippen LogP contribution is 2.34. The number of fused-ring (bicyclic) bond motifs is 1. The monoisotopic (exact) mass is 296 g/mol. The van der Waals surface area contributed by atoms with E-state index >= 15 is 0 Å². The number of halogens is 1. The van der Waals surface area contributed by atoms with Crippen molar-refractivity contribution in [1.29, 1.82) is 0 Å². The van der Waals surface area contributed by atoms with E-state index < -0.39 is 10.0 Å². The summed E-state index contributed by atoms with van der Waals surface area (Å²) in [6.45, 7) is 1.01. The minimum absolute atomic E-state index is 0.207. The van der Waals surface area contributed by atoms with Crippen LogP contribution in [0.3, 0.4) is 0 Å². The molecule has 1 fully saturated rings. The van der Waals surface area contributed by atoms with Gasteiger partial charge < -0.3 is 4.98 Å². The molecular formula is C14H17FN2O2S. The Morgan fingerprint density at radius 2 is 2.00 bits per heavy atom. The van der Waals surface area contributed by atoms with Crippen molar-refractivity contribution < 1.29 is 12.8 Å². The van der Waals surface area contributed by atoms with Crippen molar-refractivity contribution in [2.24, 2.45) is 0 Å². The van der Waals surface area contributed by atoms with Crippen molar-refractivity contribution in [3.8, 4) is 0 Å². The molecule has 4 nitrogen and oxygen atoms in total. The lowest BCUT2D eigenvalue weighted by Crippen LogP contribution is -2.37. The third kappa shape index (κ3) is 2.33. The van der Waals surface area contributed by atoms with Gasteiger partial charge in [0, 0.05) is 30.2 Å². The van der Waals surface area contributed by atoms with Crippen LogP contribution in [-0.2, 0) is 10.0 Å². The van der Waals surface area contributed by atoms with E-state index in [2.05, 4.69) is 4.98 Å². The molecule has 6 heteroatoms. The molecule has 0 atom stereocenters. The lowest BCUT2D eigenvalue weighted by Gasteiger charge is -2.30. The van der Waals surface area contributed by atoms with Gasteiger partial charge in [-0.2, -0.15) is 0 Å². The van der Waals surface area contributed by atoms with Crippen LogP contribution in [0, 0.1) is 5.82 Å². The molecule has 0 saturated carbocycles. The fourth-order valence-electron chi connectivity index (χ4n) is 2.99. The van der Waals surface area contributed by atoms with Gasteiger partial charge in [-0.05, 0) is 36.5 Å². The fourth-order valence-corrected chi connectivity index (χ4v) is 3.86. The Balaban J connectivity index is 1.87. The van der Waals surface area contributed by atoms with Crippen molar-refractivity contribution in [2.75, 3.05) is 19.3 Å². The minimum atomic E-state index is -3.12. The van der Waals surface area contributed by atoms with Gasteiger partial charge >= 0.3 is 0 Å². The number of benzene rings is 1. The Hall–Kier alpha value is -1.40. The number of sulfonamides is 1. The van der Waals surface area contributed by atoms with E-state index in [1.807, 2.05) is 12.3 Å². The fraction of sp³-hybridized carbons (Fsp3) is 0.429. The quantitative estimate of drug-likeness (QED) is 0.925. The van der Waals surface area contributed by atoms with Crippen molar-refractivity contribution in [3.63, 3.8) is 0 Å². The van der Waals surface area contributed by atoms with Crippen molar-refractivity contribution in [1.82, 2.24) is 9.29 Å². The second kappa shape index (κ2) is 4.86. The number of nitrogens with one attached hydrogen (secondary N) is 1. The number of H-pyrrole nitrogens is 1. The Morgan fingerprint density at radius 1 is 1.30 bits per heavy atom. The predicted molar refractivity (Wildman–Crippen MR) is 76.6 cm³/mol. The number of aromatic amines is 1. The maximum Gasteiger partial charge on any atom is 0.211 e. The van der Waals surface area contributed by atoms with Gasteiger partial charge in [0.15, 0.2) is 0 Å². The number of rotatable bonds is 2. The molecule has 1 aliphatic rings. The van der Waals surface area contributed by atoms with Gasteiger partial charge in [-0.25, -0.2) is 17.1 Å². The first-order valence-electron chi connectivity index (χ1n) is 6.67. The Morgan fingerprint density at radius 3 is 2.65 bits per heavy atom. The predicted octanol–water partition coefficient (Wildman–Crippen LogP) is 2.45. The largest absolute Gasteiger partial charge is 0.361 e. The zero-order valence-corrected chi connectivity index (χ0v) is 12.1. The van der Waals surface area contributed by atoms with Crippen LogP contribution in [0.4, 0.5) is 4.39 Å². The van der Waals surface area contributed by atoms with Crippen LogP contribution in [0.1, 0.15) is 24.3 Å². The van der Waals surface area contributed by atoms with Crippen molar-refractivity contribution >= 4 is 20.9 Å². The number of nitrogens with zero attached hydrogens (tertiary/aromatic N) is 1. The Bertz CT molecular complexity index is 731. The second-order valence-corrected chi connectivity index (χ2v) is 7.33. The molecule has 108 valence electrons. The summed E-state index contributed by atoms with van der Waals surface area (Å²) in [5.41, 5.74) is 1.76. The van der Waals surface area contributed by atoms with Crippen LogP contribution in [-0.4, -0.2) is 37.1 Å².